The molecule has 0 bridgehead atoms. The zero-order valence-corrected chi connectivity index (χ0v) is 12.2. The van der Waals surface area contributed by atoms with Gasteiger partial charge in [0.2, 0.25) is 5.91 Å². The molecule has 1 atom stereocenters. The predicted molar refractivity (Wildman–Crippen MR) is 77.7 cm³/mol. The summed E-state index contributed by atoms with van der Waals surface area (Å²) in [4.78, 5) is 11.6. The lowest BCUT2D eigenvalue weighted by Gasteiger charge is -2.22. The number of hydrogen-bond donors (Lipinski definition) is 1. The molecule has 0 saturated carbocycles. The van der Waals surface area contributed by atoms with Crippen LogP contribution >= 0.6 is 11.6 Å². The number of halogens is 1. The highest BCUT2D eigenvalue weighted by atomic mass is 35.5. The van der Waals surface area contributed by atoms with Crippen molar-refractivity contribution in [2.24, 2.45) is 0 Å². The van der Waals surface area contributed by atoms with Gasteiger partial charge in [-0.25, -0.2) is 0 Å². The molecule has 2 rings (SSSR count). The molecular formula is C15H20ClNO3. The SMILES string of the molecule is O=C(COC[C@H]1CCCCO1)NCc1cccc(Cl)c1. The Bertz CT molecular complexity index is 433. The van der Waals surface area contributed by atoms with E-state index in [1.165, 1.54) is 6.42 Å². The first-order valence-electron chi connectivity index (χ1n) is 6.94. The van der Waals surface area contributed by atoms with Gasteiger partial charge < -0.3 is 14.8 Å². The summed E-state index contributed by atoms with van der Waals surface area (Å²) in [5.41, 5.74) is 0.974. The van der Waals surface area contributed by atoms with Gasteiger partial charge in [0.25, 0.3) is 0 Å². The van der Waals surface area contributed by atoms with Crippen molar-refractivity contribution in [3.05, 3.63) is 34.9 Å². The molecule has 5 heteroatoms. The molecule has 0 spiro atoms. The molecule has 0 aliphatic carbocycles. The van der Waals surface area contributed by atoms with Crippen LogP contribution in [-0.2, 0) is 20.8 Å². The Hall–Kier alpha value is -1.10. The molecule has 0 unspecified atom stereocenters. The number of carbonyl (C=O) groups excluding carboxylic acids is 1. The van der Waals surface area contributed by atoms with Crippen LogP contribution in [0.1, 0.15) is 24.8 Å². The number of benzene rings is 1. The van der Waals surface area contributed by atoms with E-state index in [2.05, 4.69) is 5.32 Å². The number of nitrogens with one attached hydrogen (secondary N) is 1. The van der Waals surface area contributed by atoms with Crippen molar-refractivity contribution in [2.75, 3.05) is 19.8 Å². The Balaban J connectivity index is 1.60. The van der Waals surface area contributed by atoms with E-state index in [-0.39, 0.29) is 18.6 Å². The number of amides is 1. The molecule has 110 valence electrons. The minimum Gasteiger partial charge on any atom is -0.376 e. The molecule has 1 aromatic rings. The summed E-state index contributed by atoms with van der Waals surface area (Å²) in [5, 5.41) is 3.47. The van der Waals surface area contributed by atoms with Crippen LogP contribution in [0.3, 0.4) is 0 Å². The minimum atomic E-state index is -0.124. The van der Waals surface area contributed by atoms with Gasteiger partial charge in [0, 0.05) is 18.2 Å². The van der Waals surface area contributed by atoms with Crippen molar-refractivity contribution < 1.29 is 14.3 Å². The van der Waals surface area contributed by atoms with E-state index in [1.54, 1.807) is 6.07 Å². The summed E-state index contributed by atoms with van der Waals surface area (Å²) in [6.45, 7) is 1.82. The van der Waals surface area contributed by atoms with Crippen LogP contribution in [0.4, 0.5) is 0 Å². The third-order valence-electron chi connectivity index (χ3n) is 3.19. The van der Waals surface area contributed by atoms with Crippen LogP contribution in [0.5, 0.6) is 0 Å². The Kier molecular flexibility index (Phi) is 6.30. The molecule has 1 N–H and O–H groups in total. The first-order valence-corrected chi connectivity index (χ1v) is 7.32. The van der Waals surface area contributed by atoms with E-state index in [0.717, 1.165) is 25.0 Å². The molecule has 20 heavy (non-hydrogen) atoms. The van der Waals surface area contributed by atoms with Gasteiger partial charge >= 0.3 is 0 Å². The Morgan fingerprint density at radius 1 is 1.45 bits per heavy atom. The van der Waals surface area contributed by atoms with E-state index in [1.807, 2.05) is 18.2 Å². The molecule has 1 aliphatic heterocycles. The molecule has 0 aromatic heterocycles. The maximum atomic E-state index is 11.6. The van der Waals surface area contributed by atoms with Gasteiger partial charge in [0.05, 0.1) is 12.7 Å². The molecule has 1 aliphatic rings. The van der Waals surface area contributed by atoms with Gasteiger partial charge in [-0.2, -0.15) is 0 Å². The minimum absolute atomic E-state index is 0.0699. The summed E-state index contributed by atoms with van der Waals surface area (Å²) in [5.74, 6) is -0.124. The van der Waals surface area contributed by atoms with Crippen molar-refractivity contribution in [3.63, 3.8) is 0 Å². The Morgan fingerprint density at radius 3 is 3.10 bits per heavy atom. The predicted octanol–water partition coefficient (Wildman–Crippen LogP) is 2.54. The van der Waals surface area contributed by atoms with E-state index < -0.39 is 0 Å². The lowest BCUT2D eigenvalue weighted by atomic mass is 10.1. The van der Waals surface area contributed by atoms with E-state index in [0.29, 0.717) is 18.2 Å². The van der Waals surface area contributed by atoms with Gasteiger partial charge in [-0.3, -0.25) is 4.79 Å². The highest BCUT2D eigenvalue weighted by Gasteiger charge is 2.14. The Labute approximate surface area is 124 Å². The van der Waals surface area contributed by atoms with Crippen LogP contribution in [-0.4, -0.2) is 31.8 Å². The molecule has 1 fully saturated rings. The van der Waals surface area contributed by atoms with E-state index >= 15 is 0 Å². The number of carbonyl (C=O) groups is 1. The third-order valence-corrected chi connectivity index (χ3v) is 3.42. The maximum absolute atomic E-state index is 11.6. The summed E-state index contributed by atoms with van der Waals surface area (Å²) in [6, 6.07) is 7.42. The van der Waals surface area contributed by atoms with E-state index in [4.69, 9.17) is 21.1 Å². The second kappa shape index (κ2) is 8.25. The highest BCUT2D eigenvalue weighted by molar-refractivity contribution is 6.30. The average molecular weight is 298 g/mol. The molecule has 0 radical (unpaired) electrons. The summed E-state index contributed by atoms with van der Waals surface area (Å²) >= 11 is 5.88. The van der Waals surface area contributed by atoms with Crippen molar-refractivity contribution in [2.45, 2.75) is 31.9 Å². The van der Waals surface area contributed by atoms with Gasteiger partial charge in [-0.1, -0.05) is 23.7 Å². The van der Waals surface area contributed by atoms with Crippen molar-refractivity contribution >= 4 is 17.5 Å². The van der Waals surface area contributed by atoms with Crippen molar-refractivity contribution in [3.8, 4) is 0 Å². The molecular weight excluding hydrogens is 278 g/mol. The average Bonchev–Trinajstić information content (AvgIpc) is 2.46. The molecule has 1 aromatic carbocycles. The summed E-state index contributed by atoms with van der Waals surface area (Å²) in [7, 11) is 0. The molecule has 4 nitrogen and oxygen atoms in total. The van der Waals surface area contributed by atoms with Gasteiger partial charge in [-0.05, 0) is 37.0 Å². The maximum Gasteiger partial charge on any atom is 0.246 e. The second-order valence-corrected chi connectivity index (χ2v) is 5.35. The normalized spacial score (nSPS) is 18.8. The van der Waals surface area contributed by atoms with E-state index in [9.17, 15) is 4.79 Å². The summed E-state index contributed by atoms with van der Waals surface area (Å²) in [6.07, 6.45) is 3.46. The monoisotopic (exact) mass is 297 g/mol. The number of ether oxygens (including phenoxy) is 2. The second-order valence-electron chi connectivity index (χ2n) is 4.91. The quantitative estimate of drug-likeness (QED) is 0.878. The number of hydrogen-bond acceptors (Lipinski definition) is 3. The highest BCUT2D eigenvalue weighted by Crippen LogP contribution is 2.12. The fourth-order valence-electron chi connectivity index (χ4n) is 2.12. The lowest BCUT2D eigenvalue weighted by Crippen LogP contribution is -2.30. The van der Waals surface area contributed by atoms with Crippen molar-refractivity contribution in [1.82, 2.24) is 5.32 Å². The number of rotatable bonds is 6. The zero-order valence-electron chi connectivity index (χ0n) is 11.4. The van der Waals surface area contributed by atoms with Gasteiger partial charge in [0.1, 0.15) is 6.61 Å². The standard InChI is InChI=1S/C15H20ClNO3/c16-13-5-3-4-12(8-13)9-17-15(18)11-19-10-14-6-1-2-7-20-14/h3-5,8,14H,1-2,6-7,9-11H2,(H,17,18)/t14-/m1/s1. The van der Waals surface area contributed by atoms with Crippen LogP contribution in [0.25, 0.3) is 0 Å². The fraction of sp³-hybridized carbons (Fsp3) is 0.533. The van der Waals surface area contributed by atoms with Crippen LogP contribution in [0, 0.1) is 0 Å². The summed E-state index contributed by atoms with van der Waals surface area (Å²) < 4.78 is 10.9. The lowest BCUT2D eigenvalue weighted by molar-refractivity contribution is -0.128. The first kappa shape index (κ1) is 15.3. The van der Waals surface area contributed by atoms with Crippen LogP contribution in [0.15, 0.2) is 24.3 Å². The third kappa shape index (κ3) is 5.49. The molecule has 1 saturated heterocycles. The first-order chi connectivity index (χ1) is 9.74. The van der Waals surface area contributed by atoms with Crippen LogP contribution < -0.4 is 5.32 Å². The van der Waals surface area contributed by atoms with Gasteiger partial charge in [-0.15, -0.1) is 0 Å². The van der Waals surface area contributed by atoms with Gasteiger partial charge in [0.15, 0.2) is 0 Å². The zero-order chi connectivity index (χ0) is 14.2. The topological polar surface area (TPSA) is 47.6 Å². The van der Waals surface area contributed by atoms with Crippen LogP contribution in [0.2, 0.25) is 5.02 Å². The smallest absolute Gasteiger partial charge is 0.246 e. The molecule has 1 heterocycles. The Morgan fingerprint density at radius 2 is 2.35 bits per heavy atom. The molecule has 1 amide bonds. The largest absolute Gasteiger partial charge is 0.376 e. The fourth-order valence-corrected chi connectivity index (χ4v) is 2.33. The van der Waals surface area contributed by atoms with Crippen molar-refractivity contribution in [1.29, 1.82) is 0 Å².